The molecule has 1 aromatic carbocycles. The molecule has 0 radical (unpaired) electrons. The molecule has 0 spiro atoms. The molecule has 176 valence electrons. The van der Waals surface area contributed by atoms with Crippen molar-refractivity contribution in [3.8, 4) is 0 Å². The molecule has 0 aromatic heterocycles. The molecule has 1 saturated carbocycles. The minimum absolute atomic E-state index is 0.0652. The second kappa shape index (κ2) is 14.6. The number of aliphatic carboxylic acids is 1. The molecule has 1 aromatic rings. The number of carbonyl (C=O) groups is 1. The summed E-state index contributed by atoms with van der Waals surface area (Å²) in [6, 6.07) is 6.35. The number of nitrogens with zero attached hydrogens (tertiary/aromatic N) is 1. The zero-order valence-electron chi connectivity index (χ0n) is 19.5. The molecule has 0 amide bonds. The third kappa shape index (κ3) is 8.99. The maximum atomic E-state index is 10.8. The highest BCUT2D eigenvalue weighted by molar-refractivity contribution is 6.09. The van der Waals surface area contributed by atoms with Gasteiger partial charge < -0.3 is 15.9 Å². The van der Waals surface area contributed by atoms with Crippen molar-refractivity contribution in [2.24, 2.45) is 10.7 Å². The molecule has 5 heteroatoms. The lowest BCUT2D eigenvalue weighted by Gasteiger charge is -2.20. The first-order valence-electron chi connectivity index (χ1n) is 12.2. The summed E-state index contributed by atoms with van der Waals surface area (Å²) in [4.78, 5) is 15.5. The average Bonchev–Trinajstić information content (AvgIpc) is 2.74. The smallest absolute Gasteiger partial charge is 0.303 e. The second-order valence-electron chi connectivity index (χ2n) is 8.74. The molecule has 0 bridgehead atoms. The number of hydrogen-bond acceptors (Lipinski definition) is 4. The van der Waals surface area contributed by atoms with E-state index in [9.17, 15) is 9.90 Å². The summed E-state index contributed by atoms with van der Waals surface area (Å²) in [5.74, 6) is -0.834. The minimum atomic E-state index is -0.834. The lowest BCUT2D eigenvalue weighted by molar-refractivity contribution is -0.137. The van der Waals surface area contributed by atoms with Crippen LogP contribution in [0.2, 0.25) is 0 Å². The Balaban J connectivity index is 2.14. The largest absolute Gasteiger partial charge is 0.481 e. The van der Waals surface area contributed by atoms with E-state index in [0.29, 0.717) is 18.9 Å². The fraction of sp³-hybridized carbons (Fsp3) is 0.556. The van der Waals surface area contributed by atoms with Crippen LogP contribution in [0.1, 0.15) is 107 Å². The van der Waals surface area contributed by atoms with Crippen LogP contribution in [-0.2, 0) is 4.79 Å². The molecular weight excluding hydrogens is 400 g/mol. The predicted octanol–water partition coefficient (Wildman–Crippen LogP) is 6.27. The van der Waals surface area contributed by atoms with Crippen molar-refractivity contribution in [1.29, 1.82) is 0 Å². The van der Waals surface area contributed by atoms with Crippen molar-refractivity contribution in [2.45, 2.75) is 96.1 Å². The number of nitrogens with two attached hydrogens (primary N) is 1. The zero-order valence-corrected chi connectivity index (χ0v) is 19.5. The highest BCUT2D eigenvalue weighted by Gasteiger charge is 2.16. The van der Waals surface area contributed by atoms with Crippen molar-refractivity contribution in [3.05, 3.63) is 47.2 Å². The number of aliphatic imine (C=N–C) groups is 1. The van der Waals surface area contributed by atoms with E-state index in [1.54, 1.807) is 6.20 Å². The molecule has 0 heterocycles. The molecule has 1 aliphatic rings. The molecule has 4 N–H and O–H groups in total. The van der Waals surface area contributed by atoms with E-state index >= 15 is 0 Å². The van der Waals surface area contributed by atoms with Crippen LogP contribution < -0.4 is 5.73 Å². The predicted molar refractivity (Wildman–Crippen MR) is 134 cm³/mol. The van der Waals surface area contributed by atoms with Crippen LogP contribution in [0.15, 0.2) is 35.5 Å². The first-order chi connectivity index (χ1) is 15.5. The number of carboxylic acids is 1. The Kier molecular flexibility index (Phi) is 11.8. The Hall–Kier alpha value is -2.40. The Bertz CT molecular complexity index is 794. The topological polar surface area (TPSA) is 95.9 Å². The highest BCUT2D eigenvalue weighted by Crippen LogP contribution is 2.28. The van der Waals surface area contributed by atoms with Crippen molar-refractivity contribution in [2.75, 3.05) is 0 Å². The lowest BCUT2D eigenvalue weighted by Crippen LogP contribution is -2.14. The van der Waals surface area contributed by atoms with E-state index in [0.717, 1.165) is 47.9 Å². The minimum Gasteiger partial charge on any atom is -0.481 e. The van der Waals surface area contributed by atoms with Gasteiger partial charge in [0, 0.05) is 30.5 Å². The van der Waals surface area contributed by atoms with Crippen LogP contribution in [0.3, 0.4) is 0 Å². The summed E-state index contributed by atoms with van der Waals surface area (Å²) >= 11 is 0. The fourth-order valence-corrected chi connectivity index (χ4v) is 3.82. The van der Waals surface area contributed by atoms with Gasteiger partial charge in [-0.05, 0) is 67.7 Å². The van der Waals surface area contributed by atoms with Crippen LogP contribution in [0, 0.1) is 0 Å². The molecule has 0 saturated heterocycles. The highest BCUT2D eigenvalue weighted by atomic mass is 16.4. The third-order valence-corrected chi connectivity index (χ3v) is 6.10. The maximum absolute atomic E-state index is 10.8. The van der Waals surface area contributed by atoms with Gasteiger partial charge in [0.2, 0.25) is 0 Å². The van der Waals surface area contributed by atoms with Crippen LogP contribution in [-0.4, -0.2) is 28.4 Å². The quantitative estimate of drug-likeness (QED) is 0.221. The molecule has 1 unspecified atom stereocenters. The van der Waals surface area contributed by atoms with Gasteiger partial charge in [0.25, 0.3) is 0 Å². The Morgan fingerprint density at radius 2 is 2.00 bits per heavy atom. The van der Waals surface area contributed by atoms with Gasteiger partial charge in [-0.25, -0.2) is 0 Å². The first-order valence-corrected chi connectivity index (χ1v) is 12.2. The second-order valence-corrected chi connectivity index (χ2v) is 8.74. The van der Waals surface area contributed by atoms with Crippen LogP contribution in [0.5, 0.6) is 0 Å². The summed E-state index contributed by atoms with van der Waals surface area (Å²) in [6.07, 6.45) is 18.7. The maximum Gasteiger partial charge on any atom is 0.303 e. The summed E-state index contributed by atoms with van der Waals surface area (Å²) in [7, 11) is 0. The van der Waals surface area contributed by atoms with Crippen molar-refractivity contribution < 1.29 is 15.0 Å². The monoisotopic (exact) mass is 440 g/mol. The van der Waals surface area contributed by atoms with Crippen LogP contribution in [0.4, 0.5) is 0 Å². The summed E-state index contributed by atoms with van der Waals surface area (Å²) in [5, 5.41) is 19.6. The zero-order chi connectivity index (χ0) is 23.2. The van der Waals surface area contributed by atoms with Gasteiger partial charge in [-0.15, -0.1) is 0 Å². The van der Waals surface area contributed by atoms with Gasteiger partial charge in [0.15, 0.2) is 0 Å². The van der Waals surface area contributed by atoms with Crippen molar-refractivity contribution >= 4 is 23.8 Å². The van der Waals surface area contributed by atoms with Crippen LogP contribution >= 0.6 is 0 Å². The summed E-state index contributed by atoms with van der Waals surface area (Å²) in [6.45, 7) is 2.22. The normalized spacial score (nSPS) is 16.0. The summed E-state index contributed by atoms with van der Waals surface area (Å²) in [5.41, 5.74) is 9.52. The SMILES string of the molecule is CCCCCCC/C=C/c1cc(/C(C=NC2CCC2)=C/N)ccc1C(O)CCCC(=O)O. The number of carboxylic acid groups (broad SMARTS) is 1. The molecule has 1 atom stereocenters. The number of allylic oxidation sites excluding steroid dienone is 2. The molecule has 1 aliphatic carbocycles. The van der Waals surface area contributed by atoms with E-state index in [4.69, 9.17) is 10.8 Å². The average molecular weight is 441 g/mol. The van der Waals surface area contributed by atoms with Crippen molar-refractivity contribution in [3.63, 3.8) is 0 Å². The number of aliphatic hydroxyl groups excluding tert-OH is 1. The van der Waals surface area contributed by atoms with Gasteiger partial charge in [-0.2, -0.15) is 0 Å². The Morgan fingerprint density at radius 1 is 1.22 bits per heavy atom. The number of benzene rings is 1. The summed E-state index contributed by atoms with van der Waals surface area (Å²) < 4.78 is 0. The van der Waals surface area contributed by atoms with Crippen LogP contribution in [0.25, 0.3) is 11.6 Å². The fourth-order valence-electron chi connectivity index (χ4n) is 3.82. The number of aliphatic hydroxyl groups is 1. The van der Waals surface area contributed by atoms with Gasteiger partial charge in [0.1, 0.15) is 0 Å². The number of unbranched alkanes of at least 4 members (excludes halogenated alkanes) is 5. The lowest BCUT2D eigenvalue weighted by atomic mass is 9.93. The van der Waals surface area contributed by atoms with Gasteiger partial charge >= 0.3 is 5.97 Å². The molecule has 2 rings (SSSR count). The van der Waals surface area contributed by atoms with Gasteiger partial charge in [0.05, 0.1) is 6.10 Å². The number of rotatable bonds is 15. The van der Waals surface area contributed by atoms with E-state index in [1.807, 2.05) is 18.3 Å². The van der Waals surface area contributed by atoms with E-state index < -0.39 is 12.1 Å². The van der Waals surface area contributed by atoms with E-state index in [1.165, 1.54) is 32.1 Å². The molecular formula is C27H40N2O3. The van der Waals surface area contributed by atoms with E-state index in [2.05, 4.69) is 30.1 Å². The number of hydrogen-bond donors (Lipinski definition) is 3. The molecule has 1 fully saturated rings. The molecule has 0 aliphatic heterocycles. The first kappa shape index (κ1) is 25.9. The standard InChI is InChI=1S/C27H40N2O3/c1-2-3-4-5-6-7-8-11-22-18-21(23(19-28)20-29-24-12-9-13-24)16-17-25(22)26(30)14-10-15-27(31)32/h8,11,16-20,24,26,30H,2-7,9-10,12-15,28H2,1H3,(H,31,32)/b11-8+,23-19+,29-20?. The van der Waals surface area contributed by atoms with Gasteiger partial charge in [-0.3, -0.25) is 9.79 Å². The Labute approximate surface area is 193 Å². The van der Waals surface area contributed by atoms with Gasteiger partial charge in [-0.1, -0.05) is 56.9 Å². The van der Waals surface area contributed by atoms with E-state index in [-0.39, 0.29) is 6.42 Å². The third-order valence-electron chi connectivity index (χ3n) is 6.10. The Morgan fingerprint density at radius 3 is 2.66 bits per heavy atom. The molecule has 32 heavy (non-hydrogen) atoms. The molecule has 5 nitrogen and oxygen atoms in total. The van der Waals surface area contributed by atoms with Crippen molar-refractivity contribution in [1.82, 2.24) is 0 Å².